The standard InChI is InChI=1S/C10H11N3S.C7H9NO/c1-14-10-8(9(11)12-13-10)7-5-3-2-4-6-7;1-9-7-4-2-3-6(8)5-7/h2-6H,1H3,(H3,11,12,13);2-5H,8H2,1H3. The van der Waals surface area contributed by atoms with Crippen LogP contribution < -0.4 is 16.2 Å². The Hall–Kier alpha value is -2.60. The average molecular weight is 328 g/mol. The summed E-state index contributed by atoms with van der Waals surface area (Å²) >= 11 is 1.59. The lowest BCUT2D eigenvalue weighted by atomic mass is 10.1. The van der Waals surface area contributed by atoms with Gasteiger partial charge in [0.1, 0.15) is 16.6 Å². The minimum atomic E-state index is 0.626. The average Bonchev–Trinajstić information content (AvgIpc) is 2.97. The van der Waals surface area contributed by atoms with Crippen LogP contribution in [0.1, 0.15) is 0 Å². The van der Waals surface area contributed by atoms with Gasteiger partial charge in [0, 0.05) is 11.8 Å². The van der Waals surface area contributed by atoms with E-state index in [9.17, 15) is 0 Å². The van der Waals surface area contributed by atoms with Gasteiger partial charge in [-0.15, -0.1) is 11.8 Å². The SMILES string of the molecule is COc1cccc(N)c1.CSc1n[nH]c(N)c1-c1ccccc1. The normalized spacial score (nSPS) is 9.83. The molecular formula is C17H20N4OS. The van der Waals surface area contributed by atoms with E-state index in [1.807, 2.05) is 54.8 Å². The van der Waals surface area contributed by atoms with E-state index >= 15 is 0 Å². The minimum Gasteiger partial charge on any atom is -0.497 e. The van der Waals surface area contributed by atoms with Gasteiger partial charge in [0.05, 0.1) is 12.7 Å². The summed E-state index contributed by atoms with van der Waals surface area (Å²) < 4.78 is 4.92. The molecule has 0 saturated carbocycles. The van der Waals surface area contributed by atoms with E-state index in [4.69, 9.17) is 16.2 Å². The third-order valence-electron chi connectivity index (χ3n) is 3.11. The maximum absolute atomic E-state index is 5.82. The molecule has 0 radical (unpaired) electrons. The molecule has 0 aliphatic rings. The summed E-state index contributed by atoms with van der Waals surface area (Å²) in [6.07, 6.45) is 1.99. The highest BCUT2D eigenvalue weighted by molar-refractivity contribution is 7.98. The molecule has 1 aromatic heterocycles. The van der Waals surface area contributed by atoms with Crippen molar-refractivity contribution in [2.75, 3.05) is 24.8 Å². The predicted molar refractivity (Wildman–Crippen MR) is 97.6 cm³/mol. The fraction of sp³-hybridized carbons (Fsp3) is 0.118. The van der Waals surface area contributed by atoms with Crippen LogP contribution in [-0.4, -0.2) is 23.6 Å². The Labute approximate surface area is 140 Å². The number of hydrogen-bond acceptors (Lipinski definition) is 5. The Morgan fingerprint density at radius 3 is 2.35 bits per heavy atom. The molecule has 1 heterocycles. The number of aromatic amines is 1. The third-order valence-corrected chi connectivity index (χ3v) is 3.79. The van der Waals surface area contributed by atoms with E-state index in [0.29, 0.717) is 5.82 Å². The maximum atomic E-state index is 5.82. The quantitative estimate of drug-likeness (QED) is 0.504. The van der Waals surface area contributed by atoms with E-state index in [1.165, 1.54) is 0 Å². The van der Waals surface area contributed by atoms with E-state index < -0.39 is 0 Å². The monoisotopic (exact) mass is 328 g/mol. The molecule has 0 amide bonds. The number of thioether (sulfide) groups is 1. The van der Waals surface area contributed by atoms with Crippen molar-refractivity contribution < 1.29 is 4.74 Å². The summed E-state index contributed by atoms with van der Waals surface area (Å²) in [5.74, 6) is 1.43. The molecule has 0 bridgehead atoms. The molecule has 0 aliphatic heterocycles. The highest BCUT2D eigenvalue weighted by Gasteiger charge is 2.11. The van der Waals surface area contributed by atoms with E-state index in [1.54, 1.807) is 24.9 Å². The van der Waals surface area contributed by atoms with Crippen LogP contribution >= 0.6 is 11.8 Å². The van der Waals surface area contributed by atoms with Crippen LogP contribution in [0.25, 0.3) is 11.1 Å². The number of nitrogens with one attached hydrogen (secondary N) is 1. The molecule has 0 fully saturated rings. The molecule has 0 atom stereocenters. The number of hydrogen-bond donors (Lipinski definition) is 3. The molecule has 0 spiro atoms. The molecule has 5 N–H and O–H groups in total. The van der Waals surface area contributed by atoms with Crippen molar-refractivity contribution in [2.24, 2.45) is 0 Å². The van der Waals surface area contributed by atoms with Crippen molar-refractivity contribution in [1.29, 1.82) is 0 Å². The third kappa shape index (κ3) is 4.43. The Balaban J connectivity index is 0.000000185. The lowest BCUT2D eigenvalue weighted by Crippen LogP contribution is -1.87. The van der Waals surface area contributed by atoms with Crippen molar-refractivity contribution in [3.8, 4) is 16.9 Å². The molecule has 3 rings (SSSR count). The van der Waals surface area contributed by atoms with Crippen LogP contribution in [0.2, 0.25) is 0 Å². The Bertz CT molecular complexity index is 743. The number of rotatable bonds is 3. The van der Waals surface area contributed by atoms with Crippen LogP contribution in [0.3, 0.4) is 0 Å². The van der Waals surface area contributed by atoms with Gasteiger partial charge in [-0.05, 0) is 24.0 Å². The van der Waals surface area contributed by atoms with Crippen molar-refractivity contribution in [1.82, 2.24) is 10.2 Å². The summed E-state index contributed by atoms with van der Waals surface area (Å²) in [5.41, 5.74) is 14.1. The lowest BCUT2D eigenvalue weighted by molar-refractivity contribution is 0.415. The van der Waals surface area contributed by atoms with Crippen molar-refractivity contribution in [2.45, 2.75) is 5.03 Å². The number of H-pyrrole nitrogens is 1. The second-order valence-electron chi connectivity index (χ2n) is 4.66. The van der Waals surface area contributed by atoms with E-state index in [-0.39, 0.29) is 0 Å². The van der Waals surface area contributed by atoms with Gasteiger partial charge in [0.15, 0.2) is 0 Å². The van der Waals surface area contributed by atoms with Gasteiger partial charge >= 0.3 is 0 Å². The number of aromatic nitrogens is 2. The summed E-state index contributed by atoms with van der Waals surface area (Å²) in [4.78, 5) is 0. The second kappa shape index (κ2) is 8.14. The molecule has 0 aliphatic carbocycles. The smallest absolute Gasteiger partial charge is 0.128 e. The van der Waals surface area contributed by atoms with Crippen LogP contribution in [0.4, 0.5) is 11.5 Å². The van der Waals surface area contributed by atoms with Crippen LogP contribution in [0, 0.1) is 0 Å². The molecule has 6 heteroatoms. The zero-order valence-corrected chi connectivity index (χ0v) is 13.9. The summed E-state index contributed by atoms with van der Waals surface area (Å²) in [6, 6.07) is 17.3. The molecule has 0 saturated heterocycles. The summed E-state index contributed by atoms with van der Waals surface area (Å²) in [7, 11) is 1.62. The largest absolute Gasteiger partial charge is 0.497 e. The number of benzene rings is 2. The molecular weight excluding hydrogens is 308 g/mol. The van der Waals surface area contributed by atoms with Crippen LogP contribution in [-0.2, 0) is 0 Å². The van der Waals surface area contributed by atoms with Gasteiger partial charge in [-0.2, -0.15) is 5.10 Å². The number of nitrogens with zero attached hydrogens (tertiary/aromatic N) is 1. The lowest BCUT2D eigenvalue weighted by Gasteiger charge is -2.00. The molecule has 2 aromatic carbocycles. The van der Waals surface area contributed by atoms with Crippen molar-refractivity contribution in [3.63, 3.8) is 0 Å². The van der Waals surface area contributed by atoms with Crippen LogP contribution in [0.5, 0.6) is 5.75 Å². The molecule has 23 heavy (non-hydrogen) atoms. The highest BCUT2D eigenvalue weighted by Crippen LogP contribution is 2.32. The first-order valence-electron chi connectivity index (χ1n) is 6.98. The van der Waals surface area contributed by atoms with Gasteiger partial charge in [-0.25, -0.2) is 0 Å². The zero-order valence-electron chi connectivity index (χ0n) is 13.1. The number of methoxy groups -OCH3 is 1. The number of nitrogens with two attached hydrogens (primary N) is 2. The molecule has 3 aromatic rings. The topological polar surface area (TPSA) is 90.0 Å². The predicted octanol–water partition coefficient (Wildman–Crippen LogP) is 3.66. The minimum absolute atomic E-state index is 0.626. The van der Waals surface area contributed by atoms with Crippen molar-refractivity contribution >= 4 is 23.3 Å². The fourth-order valence-electron chi connectivity index (χ4n) is 2.01. The van der Waals surface area contributed by atoms with Crippen molar-refractivity contribution in [3.05, 3.63) is 54.6 Å². The zero-order chi connectivity index (χ0) is 16.7. The Morgan fingerprint density at radius 1 is 1.04 bits per heavy atom. The molecule has 5 nitrogen and oxygen atoms in total. The first-order chi connectivity index (χ1) is 11.2. The maximum Gasteiger partial charge on any atom is 0.128 e. The molecule has 0 unspecified atom stereocenters. The van der Waals surface area contributed by atoms with Gasteiger partial charge in [0.2, 0.25) is 0 Å². The second-order valence-corrected chi connectivity index (χ2v) is 5.46. The number of anilines is 2. The Morgan fingerprint density at radius 2 is 1.78 bits per heavy atom. The Kier molecular flexibility index (Phi) is 5.94. The first kappa shape index (κ1) is 16.8. The van der Waals surface area contributed by atoms with Gasteiger partial charge < -0.3 is 16.2 Å². The van der Waals surface area contributed by atoms with E-state index in [0.717, 1.165) is 27.6 Å². The fourth-order valence-corrected chi connectivity index (χ4v) is 2.58. The van der Waals surface area contributed by atoms with Crippen LogP contribution in [0.15, 0.2) is 59.6 Å². The van der Waals surface area contributed by atoms with E-state index in [2.05, 4.69) is 10.2 Å². The first-order valence-corrected chi connectivity index (χ1v) is 8.21. The number of ether oxygens (including phenoxy) is 1. The van der Waals surface area contributed by atoms with Gasteiger partial charge in [-0.1, -0.05) is 36.4 Å². The number of nitrogen functional groups attached to an aromatic ring is 2. The van der Waals surface area contributed by atoms with Gasteiger partial charge in [0.25, 0.3) is 0 Å². The summed E-state index contributed by atoms with van der Waals surface area (Å²) in [6.45, 7) is 0. The van der Waals surface area contributed by atoms with Gasteiger partial charge in [-0.3, -0.25) is 5.10 Å². The highest BCUT2D eigenvalue weighted by atomic mass is 32.2. The summed E-state index contributed by atoms with van der Waals surface area (Å²) in [5, 5.41) is 7.86. The molecule has 120 valence electrons.